The number of carbonyl (C=O) groups is 1. The standard InChI is InChI=1S/C35H58O6Si/c1-13-38-33(36)27(4)22-30-24-39-35(9,10)40-32(30)28(5)31(41-42(11,12)34(6,7)8)26(3)21-25(2)19-20-37-23-29-17-15-14-16-18-29/h14-19,22,26,28,30-32H,13,20-21,23-24H2,1-12H3/b25-19+,27-22+/t26-,28-,30-,31+,32+/m0/s1. The highest BCUT2D eigenvalue weighted by Gasteiger charge is 2.46. The van der Waals surface area contributed by atoms with Crippen LogP contribution in [0.5, 0.6) is 0 Å². The van der Waals surface area contributed by atoms with Gasteiger partial charge in [0.05, 0.1) is 38.6 Å². The van der Waals surface area contributed by atoms with Crippen molar-refractivity contribution in [1.82, 2.24) is 0 Å². The minimum atomic E-state index is -2.12. The van der Waals surface area contributed by atoms with Crippen molar-refractivity contribution >= 4 is 14.3 Å². The van der Waals surface area contributed by atoms with Gasteiger partial charge in [-0.25, -0.2) is 4.79 Å². The zero-order valence-corrected chi connectivity index (χ0v) is 29.4. The van der Waals surface area contributed by atoms with Gasteiger partial charge in [0, 0.05) is 17.4 Å². The Bertz CT molecular complexity index is 1040. The van der Waals surface area contributed by atoms with Gasteiger partial charge >= 0.3 is 5.97 Å². The van der Waals surface area contributed by atoms with E-state index in [-0.39, 0.29) is 41.0 Å². The Morgan fingerprint density at radius 1 is 1.14 bits per heavy atom. The summed E-state index contributed by atoms with van der Waals surface area (Å²) < 4.78 is 31.1. The van der Waals surface area contributed by atoms with E-state index >= 15 is 0 Å². The van der Waals surface area contributed by atoms with Gasteiger partial charge in [-0.1, -0.05) is 82.7 Å². The third-order valence-electron chi connectivity index (χ3n) is 8.67. The van der Waals surface area contributed by atoms with Crippen molar-refractivity contribution in [3.63, 3.8) is 0 Å². The number of benzene rings is 1. The quantitative estimate of drug-likeness (QED) is 0.0700. The van der Waals surface area contributed by atoms with Crippen molar-refractivity contribution < 1.29 is 28.2 Å². The fraction of sp³-hybridized carbons (Fsp3) is 0.686. The van der Waals surface area contributed by atoms with Gasteiger partial charge in [0.1, 0.15) is 0 Å². The average Bonchev–Trinajstić information content (AvgIpc) is 2.90. The van der Waals surface area contributed by atoms with E-state index < -0.39 is 14.1 Å². The van der Waals surface area contributed by atoms with E-state index in [0.717, 1.165) is 6.42 Å². The number of allylic oxidation sites excluding steroid dienone is 1. The normalized spacial score (nSPS) is 22.4. The number of hydrogen-bond acceptors (Lipinski definition) is 6. The van der Waals surface area contributed by atoms with Crippen LogP contribution in [0.1, 0.15) is 81.2 Å². The first-order valence-corrected chi connectivity index (χ1v) is 18.5. The highest BCUT2D eigenvalue weighted by atomic mass is 28.4. The van der Waals surface area contributed by atoms with Crippen LogP contribution >= 0.6 is 0 Å². The van der Waals surface area contributed by atoms with Crippen molar-refractivity contribution in [2.45, 2.75) is 118 Å². The van der Waals surface area contributed by atoms with Gasteiger partial charge in [0.2, 0.25) is 0 Å². The lowest BCUT2D eigenvalue weighted by Gasteiger charge is -2.48. The Kier molecular flexibility index (Phi) is 13.7. The van der Waals surface area contributed by atoms with Gasteiger partial charge in [-0.2, -0.15) is 0 Å². The lowest BCUT2D eigenvalue weighted by molar-refractivity contribution is -0.300. The second-order valence-electron chi connectivity index (χ2n) is 14.0. The smallest absolute Gasteiger partial charge is 0.333 e. The first-order chi connectivity index (χ1) is 19.5. The van der Waals surface area contributed by atoms with E-state index in [4.69, 9.17) is 23.4 Å². The Morgan fingerprint density at radius 2 is 1.79 bits per heavy atom. The number of hydrogen-bond donors (Lipinski definition) is 0. The molecule has 0 aromatic heterocycles. The maximum absolute atomic E-state index is 12.5. The maximum atomic E-state index is 12.5. The third-order valence-corrected chi connectivity index (χ3v) is 13.1. The lowest BCUT2D eigenvalue weighted by atomic mass is 9.80. The van der Waals surface area contributed by atoms with Crippen molar-refractivity contribution in [3.05, 3.63) is 59.2 Å². The molecule has 1 aromatic carbocycles. The van der Waals surface area contributed by atoms with E-state index in [1.165, 1.54) is 11.1 Å². The molecule has 1 aromatic rings. The predicted molar refractivity (Wildman–Crippen MR) is 174 cm³/mol. The van der Waals surface area contributed by atoms with Gasteiger partial charge in [-0.3, -0.25) is 0 Å². The van der Waals surface area contributed by atoms with Crippen LogP contribution in [-0.4, -0.2) is 52.1 Å². The molecule has 1 aliphatic rings. The summed E-state index contributed by atoms with van der Waals surface area (Å²) in [5.74, 6) is -0.831. The van der Waals surface area contributed by atoms with Crippen LogP contribution in [0.2, 0.25) is 18.1 Å². The largest absolute Gasteiger partial charge is 0.463 e. The highest BCUT2D eigenvalue weighted by Crippen LogP contribution is 2.42. The van der Waals surface area contributed by atoms with Gasteiger partial charge in [-0.15, -0.1) is 0 Å². The molecule has 0 bridgehead atoms. The molecule has 5 atom stereocenters. The Hall–Kier alpha value is -1.77. The molecule has 0 radical (unpaired) electrons. The van der Waals surface area contributed by atoms with Crippen LogP contribution in [0, 0.1) is 17.8 Å². The topological polar surface area (TPSA) is 63.2 Å². The molecule has 0 amide bonds. The van der Waals surface area contributed by atoms with E-state index in [9.17, 15) is 4.79 Å². The molecular formula is C35H58O6Si. The third kappa shape index (κ3) is 11.1. The van der Waals surface area contributed by atoms with Crippen LogP contribution in [0.15, 0.2) is 53.6 Å². The van der Waals surface area contributed by atoms with Crippen LogP contribution in [0.25, 0.3) is 0 Å². The summed E-state index contributed by atoms with van der Waals surface area (Å²) in [6.45, 7) is 27.7. The molecular weight excluding hydrogens is 544 g/mol. The van der Waals surface area contributed by atoms with Gasteiger partial charge in [0.25, 0.3) is 0 Å². The van der Waals surface area contributed by atoms with Crippen LogP contribution in [0.3, 0.4) is 0 Å². The van der Waals surface area contributed by atoms with Crippen molar-refractivity contribution in [2.24, 2.45) is 17.8 Å². The summed E-state index contributed by atoms with van der Waals surface area (Å²) in [6, 6.07) is 10.3. The highest BCUT2D eigenvalue weighted by molar-refractivity contribution is 6.74. The molecule has 0 unspecified atom stereocenters. The van der Waals surface area contributed by atoms with E-state index in [2.05, 4.69) is 72.8 Å². The summed E-state index contributed by atoms with van der Waals surface area (Å²) in [5.41, 5.74) is 3.04. The fourth-order valence-electron chi connectivity index (χ4n) is 5.22. The summed E-state index contributed by atoms with van der Waals surface area (Å²) in [4.78, 5) is 12.5. The maximum Gasteiger partial charge on any atom is 0.333 e. The monoisotopic (exact) mass is 602 g/mol. The molecule has 0 aliphatic carbocycles. The molecule has 2 rings (SSSR count). The van der Waals surface area contributed by atoms with E-state index in [1.54, 1.807) is 6.92 Å². The number of carbonyl (C=O) groups excluding carboxylic acids is 1. The zero-order chi connectivity index (χ0) is 31.7. The molecule has 1 saturated heterocycles. The molecule has 0 N–H and O–H groups in total. The van der Waals surface area contributed by atoms with Crippen molar-refractivity contribution in [3.8, 4) is 0 Å². The molecule has 1 fully saturated rings. The second kappa shape index (κ2) is 15.8. The number of esters is 1. The molecule has 238 valence electrons. The molecule has 42 heavy (non-hydrogen) atoms. The first-order valence-electron chi connectivity index (χ1n) is 15.6. The molecule has 1 aliphatic heterocycles. The lowest BCUT2D eigenvalue weighted by Crippen LogP contribution is -2.54. The van der Waals surface area contributed by atoms with Crippen LogP contribution in [-0.2, 0) is 34.8 Å². The fourth-order valence-corrected chi connectivity index (χ4v) is 6.70. The minimum absolute atomic E-state index is 0.0443. The van der Waals surface area contributed by atoms with Gasteiger partial charge in [0.15, 0.2) is 14.1 Å². The van der Waals surface area contributed by atoms with Crippen LogP contribution in [0.4, 0.5) is 0 Å². The molecule has 6 nitrogen and oxygen atoms in total. The molecule has 0 saturated carbocycles. The van der Waals surface area contributed by atoms with Gasteiger partial charge < -0.3 is 23.4 Å². The summed E-state index contributed by atoms with van der Waals surface area (Å²) in [6.07, 6.45) is 4.83. The van der Waals surface area contributed by atoms with Crippen molar-refractivity contribution in [1.29, 1.82) is 0 Å². The predicted octanol–water partition coefficient (Wildman–Crippen LogP) is 8.48. The molecule has 1 heterocycles. The Morgan fingerprint density at radius 3 is 2.38 bits per heavy atom. The Balaban J connectivity index is 2.30. The van der Waals surface area contributed by atoms with Crippen LogP contribution < -0.4 is 0 Å². The van der Waals surface area contributed by atoms with E-state index in [0.29, 0.717) is 32.0 Å². The Labute approximate surface area is 257 Å². The summed E-state index contributed by atoms with van der Waals surface area (Å²) >= 11 is 0. The first kappa shape index (κ1) is 36.4. The number of ether oxygens (including phenoxy) is 4. The SMILES string of the molecule is CCOC(=O)/C(C)=C/[C@H]1COC(C)(C)O[C@@H]1[C@@H](C)[C@H](O[Si](C)(C)C(C)(C)C)[C@@H](C)C/C(C)=C/COCc1ccccc1. The zero-order valence-electron chi connectivity index (χ0n) is 28.4. The average molecular weight is 603 g/mol. The minimum Gasteiger partial charge on any atom is -0.463 e. The number of rotatable bonds is 14. The molecule has 7 heteroatoms. The summed E-state index contributed by atoms with van der Waals surface area (Å²) in [5, 5.41) is 0.0659. The second-order valence-corrected chi connectivity index (χ2v) is 18.7. The van der Waals surface area contributed by atoms with Gasteiger partial charge in [-0.05, 0) is 70.7 Å². The molecule has 0 spiro atoms. The van der Waals surface area contributed by atoms with Crippen molar-refractivity contribution in [2.75, 3.05) is 19.8 Å². The summed E-state index contributed by atoms with van der Waals surface area (Å²) in [7, 11) is -2.12. The van der Waals surface area contributed by atoms with E-state index in [1.807, 2.05) is 45.0 Å².